The first-order valence-electron chi connectivity index (χ1n) is 9.44. The maximum atomic E-state index is 5.98. The molecule has 5 nitrogen and oxygen atoms in total. The molecule has 0 amide bonds. The van der Waals surface area contributed by atoms with Crippen LogP contribution in [0.5, 0.6) is 17.2 Å². The molecule has 0 aliphatic carbocycles. The van der Waals surface area contributed by atoms with Crippen LogP contribution in [-0.2, 0) is 19.6 Å². The second-order valence-electron chi connectivity index (χ2n) is 6.84. The molecule has 4 rings (SSSR count). The second-order valence-corrected chi connectivity index (χ2v) is 6.84. The molecule has 2 aromatic carbocycles. The average Bonchev–Trinajstić information content (AvgIpc) is 2.77. The van der Waals surface area contributed by atoms with Gasteiger partial charge in [-0.25, -0.2) is 0 Å². The molecule has 1 atom stereocenters. The summed E-state index contributed by atoms with van der Waals surface area (Å²) in [5.41, 5.74) is 3.41. The van der Waals surface area contributed by atoms with E-state index in [2.05, 4.69) is 28.5 Å². The van der Waals surface area contributed by atoms with Crippen LogP contribution in [0.4, 0.5) is 0 Å². The first kappa shape index (κ1) is 18.3. The van der Waals surface area contributed by atoms with E-state index in [1.165, 1.54) is 5.56 Å². The van der Waals surface area contributed by atoms with E-state index in [-0.39, 0.29) is 6.04 Å². The number of ether oxygens (including phenoxy) is 3. The number of benzene rings is 2. The highest BCUT2D eigenvalue weighted by Gasteiger charge is 2.19. The second kappa shape index (κ2) is 8.76. The summed E-state index contributed by atoms with van der Waals surface area (Å²) in [6, 6.07) is 18.4. The maximum Gasteiger partial charge on any atom is 0.161 e. The Labute approximate surface area is 165 Å². The van der Waals surface area contributed by atoms with Crippen molar-refractivity contribution in [3.8, 4) is 17.2 Å². The Morgan fingerprint density at radius 3 is 2.86 bits per heavy atom. The lowest BCUT2D eigenvalue weighted by Crippen LogP contribution is -2.38. The standard InChI is InChI=1S/C23H24N2O3/c1-26-22-9-8-17(11-23(22)27-15-18-5-4-10-24-13-18)14-25-20-12-19-6-2-3-7-21(19)28-16-20/h2-11,13,20,25H,12,14-16H2,1H3. The first-order chi connectivity index (χ1) is 13.8. The quantitative estimate of drug-likeness (QED) is 0.680. The van der Waals surface area contributed by atoms with Crippen molar-refractivity contribution in [2.45, 2.75) is 25.6 Å². The summed E-state index contributed by atoms with van der Waals surface area (Å²) in [5.74, 6) is 2.45. The lowest BCUT2D eigenvalue weighted by molar-refractivity contribution is 0.238. The third-order valence-corrected chi connectivity index (χ3v) is 4.82. The zero-order valence-corrected chi connectivity index (χ0v) is 15.9. The Balaban J connectivity index is 1.38. The Hall–Kier alpha value is -3.05. The molecular formula is C23H24N2O3. The molecule has 0 saturated carbocycles. The van der Waals surface area contributed by atoms with Gasteiger partial charge in [0.25, 0.3) is 0 Å². The van der Waals surface area contributed by atoms with Crippen molar-refractivity contribution < 1.29 is 14.2 Å². The van der Waals surface area contributed by atoms with Crippen LogP contribution in [-0.4, -0.2) is 24.7 Å². The molecule has 28 heavy (non-hydrogen) atoms. The van der Waals surface area contributed by atoms with E-state index in [1.54, 1.807) is 19.5 Å². The Kier molecular flexibility index (Phi) is 5.73. The Morgan fingerprint density at radius 2 is 2.00 bits per heavy atom. The van der Waals surface area contributed by atoms with Crippen molar-refractivity contribution in [1.82, 2.24) is 10.3 Å². The van der Waals surface area contributed by atoms with Crippen LogP contribution in [0.1, 0.15) is 16.7 Å². The van der Waals surface area contributed by atoms with Crippen molar-refractivity contribution >= 4 is 0 Å². The fraction of sp³-hybridized carbons (Fsp3) is 0.261. The lowest BCUT2D eigenvalue weighted by Gasteiger charge is -2.26. The summed E-state index contributed by atoms with van der Waals surface area (Å²) in [6.07, 6.45) is 4.53. The number of nitrogens with zero attached hydrogens (tertiary/aromatic N) is 1. The molecule has 0 spiro atoms. The summed E-state index contributed by atoms with van der Waals surface area (Å²) in [4.78, 5) is 4.12. The van der Waals surface area contributed by atoms with Gasteiger partial charge in [0.1, 0.15) is 19.0 Å². The molecule has 1 aromatic heterocycles. The van der Waals surface area contributed by atoms with Gasteiger partial charge < -0.3 is 19.5 Å². The summed E-state index contributed by atoms with van der Waals surface area (Å²) in [5, 5.41) is 3.59. The van der Waals surface area contributed by atoms with Crippen molar-refractivity contribution in [2.75, 3.05) is 13.7 Å². The fourth-order valence-electron chi connectivity index (χ4n) is 3.31. The predicted molar refractivity (Wildman–Crippen MR) is 108 cm³/mol. The fourth-order valence-corrected chi connectivity index (χ4v) is 3.31. The Morgan fingerprint density at radius 1 is 1.07 bits per heavy atom. The number of para-hydroxylation sites is 1. The zero-order chi connectivity index (χ0) is 19.2. The van der Waals surface area contributed by atoms with Gasteiger partial charge in [0.05, 0.1) is 7.11 Å². The molecule has 0 fully saturated rings. The van der Waals surface area contributed by atoms with Crippen LogP contribution in [0.2, 0.25) is 0 Å². The number of pyridine rings is 1. The van der Waals surface area contributed by atoms with Gasteiger partial charge in [-0.1, -0.05) is 30.3 Å². The molecule has 0 radical (unpaired) electrons. The minimum atomic E-state index is 0.289. The average molecular weight is 376 g/mol. The molecule has 0 saturated heterocycles. The molecule has 0 bridgehead atoms. The number of nitrogens with one attached hydrogen (secondary N) is 1. The molecule has 1 N–H and O–H groups in total. The molecular weight excluding hydrogens is 352 g/mol. The van der Waals surface area contributed by atoms with Gasteiger partial charge in [0.15, 0.2) is 11.5 Å². The third-order valence-electron chi connectivity index (χ3n) is 4.82. The zero-order valence-electron chi connectivity index (χ0n) is 15.9. The van der Waals surface area contributed by atoms with Gasteiger partial charge in [-0.2, -0.15) is 0 Å². The van der Waals surface area contributed by atoms with E-state index in [1.807, 2.05) is 36.4 Å². The van der Waals surface area contributed by atoms with Gasteiger partial charge in [0, 0.05) is 30.5 Å². The van der Waals surface area contributed by atoms with Crippen LogP contribution in [0, 0.1) is 0 Å². The van der Waals surface area contributed by atoms with Gasteiger partial charge in [-0.3, -0.25) is 4.98 Å². The normalized spacial score (nSPS) is 15.4. The monoisotopic (exact) mass is 376 g/mol. The van der Waals surface area contributed by atoms with Crippen LogP contribution >= 0.6 is 0 Å². The van der Waals surface area contributed by atoms with Gasteiger partial charge in [0.2, 0.25) is 0 Å². The van der Waals surface area contributed by atoms with E-state index in [4.69, 9.17) is 14.2 Å². The summed E-state index contributed by atoms with van der Waals surface area (Å²) < 4.78 is 17.3. The largest absolute Gasteiger partial charge is 0.493 e. The van der Waals surface area contributed by atoms with Crippen LogP contribution < -0.4 is 19.5 Å². The van der Waals surface area contributed by atoms with Crippen LogP contribution in [0.15, 0.2) is 67.0 Å². The van der Waals surface area contributed by atoms with Crippen molar-refractivity contribution in [3.63, 3.8) is 0 Å². The number of hydrogen-bond acceptors (Lipinski definition) is 5. The molecule has 3 aromatic rings. The van der Waals surface area contributed by atoms with Crippen LogP contribution in [0.25, 0.3) is 0 Å². The molecule has 5 heteroatoms. The topological polar surface area (TPSA) is 52.6 Å². The number of aromatic nitrogens is 1. The van der Waals surface area contributed by atoms with Gasteiger partial charge >= 0.3 is 0 Å². The van der Waals surface area contributed by atoms with Gasteiger partial charge in [-0.15, -0.1) is 0 Å². The Bertz CT molecular complexity index is 915. The number of rotatable bonds is 7. The molecule has 1 aliphatic rings. The minimum absolute atomic E-state index is 0.289. The highest BCUT2D eigenvalue weighted by Crippen LogP contribution is 2.29. The maximum absolute atomic E-state index is 5.98. The van der Waals surface area contributed by atoms with E-state index in [9.17, 15) is 0 Å². The molecule has 2 heterocycles. The number of hydrogen-bond donors (Lipinski definition) is 1. The van der Waals surface area contributed by atoms with E-state index in [0.717, 1.165) is 41.3 Å². The van der Waals surface area contributed by atoms with E-state index < -0.39 is 0 Å². The summed E-state index contributed by atoms with van der Waals surface area (Å²) in [7, 11) is 1.65. The first-order valence-corrected chi connectivity index (χ1v) is 9.44. The van der Waals surface area contributed by atoms with Crippen LogP contribution in [0.3, 0.4) is 0 Å². The van der Waals surface area contributed by atoms with Crippen molar-refractivity contribution in [2.24, 2.45) is 0 Å². The molecule has 1 unspecified atom stereocenters. The number of methoxy groups -OCH3 is 1. The highest BCUT2D eigenvalue weighted by molar-refractivity contribution is 5.43. The van der Waals surface area contributed by atoms with Crippen molar-refractivity contribution in [1.29, 1.82) is 0 Å². The third kappa shape index (κ3) is 4.43. The molecule has 144 valence electrons. The lowest BCUT2D eigenvalue weighted by atomic mass is 10.0. The SMILES string of the molecule is COc1ccc(CNC2COc3ccccc3C2)cc1OCc1cccnc1. The highest BCUT2D eigenvalue weighted by atomic mass is 16.5. The minimum Gasteiger partial charge on any atom is -0.493 e. The molecule has 1 aliphatic heterocycles. The van der Waals surface area contributed by atoms with E-state index in [0.29, 0.717) is 13.2 Å². The smallest absolute Gasteiger partial charge is 0.161 e. The van der Waals surface area contributed by atoms with Crippen molar-refractivity contribution in [3.05, 3.63) is 83.7 Å². The van der Waals surface area contributed by atoms with Gasteiger partial charge in [-0.05, 0) is 41.8 Å². The van der Waals surface area contributed by atoms with E-state index >= 15 is 0 Å². The number of fused-ring (bicyclic) bond motifs is 1. The summed E-state index contributed by atoms with van der Waals surface area (Å²) >= 11 is 0. The predicted octanol–water partition coefficient (Wildman–Crippen LogP) is 3.76. The summed E-state index contributed by atoms with van der Waals surface area (Å²) in [6.45, 7) is 1.87.